The average molecular weight is 379 g/mol. The number of halogens is 1. The van der Waals surface area contributed by atoms with Gasteiger partial charge in [0.05, 0.1) is 15.6 Å². The quantitative estimate of drug-likeness (QED) is 0.450. The fourth-order valence-electron chi connectivity index (χ4n) is 1.96. The molecule has 0 aromatic heterocycles. The number of hydrogen-bond acceptors (Lipinski definition) is 6. The summed E-state index contributed by atoms with van der Waals surface area (Å²) in [5.41, 5.74) is 1.06. The van der Waals surface area contributed by atoms with E-state index in [4.69, 9.17) is 21.1 Å². The number of hydrogen-bond donors (Lipinski definition) is 1. The number of aryl methyl sites for hydroxylation is 1. The van der Waals surface area contributed by atoms with Crippen LogP contribution in [0.2, 0.25) is 5.02 Å². The third kappa shape index (κ3) is 5.45. The maximum Gasteiger partial charge on any atom is 0.344 e. The predicted octanol–water partition coefficient (Wildman–Crippen LogP) is 3.12. The minimum atomic E-state index is -0.840. The number of para-hydroxylation sites is 2. The van der Waals surface area contributed by atoms with Gasteiger partial charge in [-0.1, -0.05) is 29.8 Å². The lowest BCUT2D eigenvalue weighted by molar-refractivity contribution is -0.385. The standard InChI is InChI=1S/C17H15ClN2O6/c1-11-6-7-13(12(18)8-11)19-16(21)9-26-17(22)10-25-15-5-3-2-4-14(15)20(23)24/h2-8H,9-10H2,1H3,(H,19,21). The van der Waals surface area contributed by atoms with E-state index in [0.29, 0.717) is 10.7 Å². The maximum atomic E-state index is 11.8. The molecule has 2 aromatic carbocycles. The van der Waals surface area contributed by atoms with E-state index in [2.05, 4.69) is 5.32 Å². The molecule has 26 heavy (non-hydrogen) atoms. The van der Waals surface area contributed by atoms with E-state index in [1.165, 1.54) is 24.3 Å². The van der Waals surface area contributed by atoms with E-state index in [9.17, 15) is 19.7 Å². The number of esters is 1. The Kier molecular flexibility index (Phi) is 6.51. The first-order chi connectivity index (χ1) is 12.4. The number of carbonyl (C=O) groups excluding carboxylic acids is 2. The van der Waals surface area contributed by atoms with Crippen LogP contribution < -0.4 is 10.1 Å². The third-order valence-corrected chi connectivity index (χ3v) is 3.48. The highest BCUT2D eigenvalue weighted by atomic mass is 35.5. The number of anilines is 1. The Morgan fingerprint density at radius 1 is 1.19 bits per heavy atom. The summed E-state index contributed by atoms with van der Waals surface area (Å²) in [6.45, 7) is 0.753. The van der Waals surface area contributed by atoms with Gasteiger partial charge in [-0.15, -0.1) is 0 Å². The van der Waals surface area contributed by atoms with Gasteiger partial charge < -0.3 is 14.8 Å². The molecule has 0 atom stereocenters. The summed E-state index contributed by atoms with van der Waals surface area (Å²) in [7, 11) is 0. The molecule has 0 aliphatic heterocycles. The predicted molar refractivity (Wildman–Crippen MR) is 94.4 cm³/mol. The molecule has 8 nitrogen and oxygen atoms in total. The van der Waals surface area contributed by atoms with Crippen molar-refractivity contribution in [1.29, 1.82) is 0 Å². The molecule has 1 amide bonds. The van der Waals surface area contributed by atoms with Gasteiger partial charge in [0.2, 0.25) is 0 Å². The number of benzene rings is 2. The van der Waals surface area contributed by atoms with Gasteiger partial charge in [0.1, 0.15) is 0 Å². The van der Waals surface area contributed by atoms with Crippen LogP contribution in [0.5, 0.6) is 5.75 Å². The highest BCUT2D eigenvalue weighted by molar-refractivity contribution is 6.33. The number of nitrogens with one attached hydrogen (secondary N) is 1. The highest BCUT2D eigenvalue weighted by Gasteiger charge is 2.16. The van der Waals surface area contributed by atoms with Crippen molar-refractivity contribution in [2.24, 2.45) is 0 Å². The van der Waals surface area contributed by atoms with Gasteiger partial charge in [-0.25, -0.2) is 4.79 Å². The zero-order chi connectivity index (χ0) is 19.1. The van der Waals surface area contributed by atoms with Crippen molar-refractivity contribution in [3.05, 3.63) is 63.2 Å². The van der Waals surface area contributed by atoms with Crippen molar-refractivity contribution in [1.82, 2.24) is 0 Å². The summed E-state index contributed by atoms with van der Waals surface area (Å²) in [4.78, 5) is 33.7. The largest absolute Gasteiger partial charge is 0.475 e. The fraction of sp³-hybridized carbons (Fsp3) is 0.176. The highest BCUT2D eigenvalue weighted by Crippen LogP contribution is 2.25. The van der Waals surface area contributed by atoms with Crippen molar-refractivity contribution in [2.75, 3.05) is 18.5 Å². The number of ether oxygens (including phenoxy) is 2. The zero-order valence-corrected chi connectivity index (χ0v) is 14.5. The number of nitro groups is 1. The van der Waals surface area contributed by atoms with E-state index in [1.807, 2.05) is 6.92 Å². The zero-order valence-electron chi connectivity index (χ0n) is 13.7. The fourth-order valence-corrected chi connectivity index (χ4v) is 2.24. The molecule has 136 valence electrons. The Labute approximate surface area is 153 Å². The van der Waals surface area contributed by atoms with Crippen LogP contribution in [-0.4, -0.2) is 30.0 Å². The molecule has 0 unspecified atom stereocenters. The molecule has 1 N–H and O–H groups in total. The number of nitro benzene ring substituents is 1. The summed E-state index contributed by atoms with van der Waals surface area (Å²) >= 11 is 6.00. The molecule has 0 aliphatic rings. The van der Waals surface area contributed by atoms with Crippen LogP contribution in [-0.2, 0) is 14.3 Å². The van der Waals surface area contributed by atoms with Crippen LogP contribution in [0.25, 0.3) is 0 Å². The van der Waals surface area contributed by atoms with E-state index in [-0.39, 0.29) is 11.4 Å². The van der Waals surface area contributed by atoms with Crippen LogP contribution in [0.1, 0.15) is 5.56 Å². The minimum absolute atomic E-state index is 0.0645. The molecule has 9 heteroatoms. The number of nitrogens with zero attached hydrogens (tertiary/aromatic N) is 1. The molecule has 0 bridgehead atoms. The molecule has 0 aliphatic carbocycles. The van der Waals surface area contributed by atoms with Crippen molar-refractivity contribution in [3.8, 4) is 5.75 Å². The van der Waals surface area contributed by atoms with Gasteiger partial charge >= 0.3 is 11.7 Å². The molecule has 2 rings (SSSR count). The Bertz CT molecular complexity index is 840. The van der Waals surface area contributed by atoms with Crippen LogP contribution in [0.15, 0.2) is 42.5 Å². The third-order valence-electron chi connectivity index (χ3n) is 3.17. The second-order valence-electron chi connectivity index (χ2n) is 5.21. The molecule has 0 saturated carbocycles. The number of rotatable bonds is 7. The molecule has 0 fully saturated rings. The van der Waals surface area contributed by atoms with Gasteiger partial charge in [-0.3, -0.25) is 14.9 Å². The lowest BCUT2D eigenvalue weighted by atomic mass is 10.2. The summed E-state index contributed by atoms with van der Waals surface area (Å²) in [5.74, 6) is -1.48. The van der Waals surface area contributed by atoms with Gasteiger partial charge in [0.25, 0.3) is 5.91 Å². The van der Waals surface area contributed by atoms with Gasteiger partial charge in [0.15, 0.2) is 19.0 Å². The van der Waals surface area contributed by atoms with E-state index in [0.717, 1.165) is 5.56 Å². The van der Waals surface area contributed by atoms with Crippen molar-refractivity contribution >= 4 is 34.9 Å². The van der Waals surface area contributed by atoms with Crippen molar-refractivity contribution < 1.29 is 24.0 Å². The molecule has 0 saturated heterocycles. The van der Waals surface area contributed by atoms with Crippen LogP contribution >= 0.6 is 11.6 Å². The Morgan fingerprint density at radius 3 is 2.62 bits per heavy atom. The molecule has 0 radical (unpaired) electrons. The summed E-state index contributed by atoms with van der Waals surface area (Å²) in [6.07, 6.45) is 0. The molecule has 0 heterocycles. The summed E-state index contributed by atoms with van der Waals surface area (Å²) < 4.78 is 9.85. The Morgan fingerprint density at radius 2 is 1.92 bits per heavy atom. The van der Waals surface area contributed by atoms with Gasteiger partial charge in [-0.05, 0) is 30.7 Å². The van der Waals surface area contributed by atoms with Crippen molar-refractivity contribution in [2.45, 2.75) is 6.92 Å². The normalized spacial score (nSPS) is 10.1. The first-order valence-corrected chi connectivity index (χ1v) is 7.82. The smallest absolute Gasteiger partial charge is 0.344 e. The second kappa shape index (κ2) is 8.82. The molecule has 2 aromatic rings. The summed E-state index contributed by atoms with van der Waals surface area (Å²) in [5, 5.41) is 13.7. The van der Waals surface area contributed by atoms with Crippen LogP contribution in [0.3, 0.4) is 0 Å². The average Bonchev–Trinajstić information content (AvgIpc) is 2.60. The van der Waals surface area contributed by atoms with E-state index < -0.39 is 30.0 Å². The SMILES string of the molecule is Cc1ccc(NC(=O)COC(=O)COc2ccccc2[N+](=O)[O-])c(Cl)c1. The monoisotopic (exact) mass is 378 g/mol. The first kappa shape index (κ1) is 19.2. The molecular formula is C17H15ClN2O6. The first-order valence-electron chi connectivity index (χ1n) is 7.44. The van der Waals surface area contributed by atoms with E-state index in [1.54, 1.807) is 18.2 Å². The number of amides is 1. The van der Waals surface area contributed by atoms with Gasteiger partial charge in [0, 0.05) is 6.07 Å². The van der Waals surface area contributed by atoms with E-state index >= 15 is 0 Å². The molecular weight excluding hydrogens is 364 g/mol. The lowest BCUT2D eigenvalue weighted by Crippen LogP contribution is -2.23. The minimum Gasteiger partial charge on any atom is -0.475 e. The topological polar surface area (TPSA) is 108 Å². The van der Waals surface area contributed by atoms with Gasteiger partial charge in [-0.2, -0.15) is 0 Å². The lowest BCUT2D eigenvalue weighted by Gasteiger charge is -2.09. The second-order valence-corrected chi connectivity index (χ2v) is 5.61. The molecule has 0 spiro atoms. The van der Waals surface area contributed by atoms with Crippen LogP contribution in [0.4, 0.5) is 11.4 Å². The number of carbonyl (C=O) groups is 2. The summed E-state index contributed by atoms with van der Waals surface area (Å²) in [6, 6.07) is 10.7. The van der Waals surface area contributed by atoms with Crippen molar-refractivity contribution in [3.63, 3.8) is 0 Å². The Balaban J connectivity index is 1.81. The maximum absolute atomic E-state index is 11.8. The Hall–Kier alpha value is -3.13. The van der Waals surface area contributed by atoms with Crippen LogP contribution in [0, 0.1) is 17.0 Å².